The largest absolute Gasteiger partial charge is 0.496 e. The predicted molar refractivity (Wildman–Crippen MR) is 137 cm³/mol. The summed E-state index contributed by atoms with van der Waals surface area (Å²) in [7, 11) is 2.71. The van der Waals surface area contributed by atoms with Gasteiger partial charge in [-0.2, -0.15) is 5.26 Å². The van der Waals surface area contributed by atoms with Crippen LogP contribution >= 0.6 is 27.7 Å². The van der Waals surface area contributed by atoms with Crippen molar-refractivity contribution in [3.05, 3.63) is 68.2 Å². The number of esters is 1. The fourth-order valence-corrected chi connectivity index (χ4v) is 5.17. The van der Waals surface area contributed by atoms with E-state index in [0.717, 1.165) is 22.9 Å². The third-order valence-corrected chi connectivity index (χ3v) is 7.38. The molecule has 2 aromatic rings. The van der Waals surface area contributed by atoms with E-state index in [1.165, 1.54) is 14.2 Å². The molecule has 0 spiro atoms. The number of anilines is 1. The van der Waals surface area contributed by atoms with Gasteiger partial charge >= 0.3 is 5.97 Å². The lowest BCUT2D eigenvalue weighted by Gasteiger charge is -2.31. The van der Waals surface area contributed by atoms with Gasteiger partial charge in [0, 0.05) is 11.6 Å². The molecule has 0 bridgehead atoms. The quantitative estimate of drug-likeness (QED) is 0.387. The molecule has 1 aliphatic rings. The van der Waals surface area contributed by atoms with Crippen LogP contribution in [-0.4, -0.2) is 37.8 Å². The molecule has 0 radical (unpaired) electrons. The molecule has 10 heteroatoms. The van der Waals surface area contributed by atoms with Gasteiger partial charge in [-0.25, -0.2) is 0 Å². The van der Waals surface area contributed by atoms with Crippen LogP contribution in [0.15, 0.2) is 51.5 Å². The maximum atomic E-state index is 13.0. The van der Waals surface area contributed by atoms with E-state index in [1.54, 1.807) is 18.2 Å². The second-order valence-electron chi connectivity index (χ2n) is 7.80. The standard InChI is InChI=1S/C25H24BrN3O5S/c1-13-6-5-7-18(14(13)2)28-20(30)12-35-24-16(11-27)21(22(23(31)29-24)25(32)34-4)15-8-9-19(33-3)17(26)10-15/h5-10,21-22H,12H2,1-4H3,(H,28,30)(H,29,31)/t21-,22-/m0/s1. The molecule has 2 atom stereocenters. The van der Waals surface area contributed by atoms with Gasteiger partial charge in [-0.15, -0.1) is 0 Å². The van der Waals surface area contributed by atoms with E-state index >= 15 is 0 Å². The monoisotopic (exact) mass is 557 g/mol. The number of thioether (sulfide) groups is 1. The van der Waals surface area contributed by atoms with Gasteiger partial charge in [0.05, 0.1) is 41.1 Å². The lowest BCUT2D eigenvalue weighted by Crippen LogP contribution is -2.44. The number of nitriles is 1. The Balaban J connectivity index is 1.93. The first-order chi connectivity index (χ1) is 16.7. The van der Waals surface area contributed by atoms with Crippen molar-refractivity contribution in [1.29, 1.82) is 5.26 Å². The highest BCUT2D eigenvalue weighted by molar-refractivity contribution is 9.10. The Labute approximate surface area is 216 Å². The van der Waals surface area contributed by atoms with Crippen LogP contribution in [0.2, 0.25) is 0 Å². The highest BCUT2D eigenvalue weighted by Crippen LogP contribution is 2.42. The molecule has 0 saturated carbocycles. The number of aryl methyl sites for hydroxylation is 1. The number of benzene rings is 2. The van der Waals surface area contributed by atoms with E-state index in [0.29, 0.717) is 21.5 Å². The molecular formula is C25H24BrN3O5S. The second kappa shape index (κ2) is 11.4. The molecule has 2 amide bonds. The number of allylic oxidation sites excluding steroid dienone is 1. The third-order valence-electron chi connectivity index (χ3n) is 5.75. The van der Waals surface area contributed by atoms with Gasteiger partial charge in [-0.1, -0.05) is 30.0 Å². The van der Waals surface area contributed by atoms with Gasteiger partial charge in [0.15, 0.2) is 0 Å². The smallest absolute Gasteiger partial charge is 0.319 e. The van der Waals surface area contributed by atoms with Gasteiger partial charge in [-0.05, 0) is 64.7 Å². The lowest BCUT2D eigenvalue weighted by atomic mass is 9.78. The van der Waals surface area contributed by atoms with E-state index in [2.05, 4.69) is 32.6 Å². The summed E-state index contributed by atoms with van der Waals surface area (Å²) in [6, 6.07) is 12.8. The summed E-state index contributed by atoms with van der Waals surface area (Å²) < 4.78 is 10.7. The van der Waals surface area contributed by atoms with Crippen molar-refractivity contribution < 1.29 is 23.9 Å². The first-order valence-electron chi connectivity index (χ1n) is 10.6. The van der Waals surface area contributed by atoms with Crippen molar-refractivity contribution in [2.24, 2.45) is 5.92 Å². The van der Waals surface area contributed by atoms with Crippen molar-refractivity contribution >= 4 is 51.2 Å². The number of hydrogen-bond donors (Lipinski definition) is 2. The molecule has 0 saturated heterocycles. The van der Waals surface area contributed by atoms with Crippen LogP contribution in [0.5, 0.6) is 5.75 Å². The Morgan fingerprint density at radius 3 is 2.60 bits per heavy atom. The minimum absolute atomic E-state index is 0.0455. The van der Waals surface area contributed by atoms with Crippen molar-refractivity contribution in [2.45, 2.75) is 19.8 Å². The Bertz CT molecular complexity index is 1250. The first-order valence-corrected chi connectivity index (χ1v) is 12.3. The van der Waals surface area contributed by atoms with Gasteiger partial charge in [0.25, 0.3) is 0 Å². The topological polar surface area (TPSA) is 118 Å². The molecule has 0 fully saturated rings. The fourth-order valence-electron chi connectivity index (χ4n) is 3.77. The summed E-state index contributed by atoms with van der Waals surface area (Å²) in [4.78, 5) is 38.2. The molecule has 0 aromatic heterocycles. The lowest BCUT2D eigenvalue weighted by molar-refractivity contribution is -0.150. The average molecular weight is 558 g/mol. The van der Waals surface area contributed by atoms with Gasteiger partial charge in [0.2, 0.25) is 11.8 Å². The van der Waals surface area contributed by atoms with Crippen molar-refractivity contribution in [3.63, 3.8) is 0 Å². The number of carbonyl (C=O) groups excluding carboxylic acids is 3. The predicted octanol–water partition coefficient (Wildman–Crippen LogP) is 4.18. The van der Waals surface area contributed by atoms with Crippen LogP contribution in [0.3, 0.4) is 0 Å². The van der Waals surface area contributed by atoms with Crippen LogP contribution in [-0.2, 0) is 19.1 Å². The summed E-state index contributed by atoms with van der Waals surface area (Å²) >= 11 is 4.44. The van der Waals surface area contributed by atoms with Gasteiger partial charge in [0.1, 0.15) is 11.7 Å². The van der Waals surface area contributed by atoms with E-state index in [9.17, 15) is 19.6 Å². The fraction of sp³-hybridized carbons (Fsp3) is 0.280. The molecule has 2 N–H and O–H groups in total. The van der Waals surface area contributed by atoms with Crippen LogP contribution in [0.1, 0.15) is 22.6 Å². The van der Waals surface area contributed by atoms with E-state index in [1.807, 2.05) is 32.0 Å². The van der Waals surface area contributed by atoms with Crippen LogP contribution < -0.4 is 15.4 Å². The Morgan fingerprint density at radius 2 is 1.97 bits per heavy atom. The molecule has 1 aliphatic heterocycles. The number of amides is 2. The minimum Gasteiger partial charge on any atom is -0.496 e. The molecule has 3 rings (SSSR count). The van der Waals surface area contributed by atoms with E-state index < -0.39 is 23.7 Å². The summed E-state index contributed by atoms with van der Waals surface area (Å²) in [6.45, 7) is 3.87. The SMILES string of the molecule is COC(=O)[C@@H]1C(=O)NC(SCC(=O)Nc2cccc(C)c2C)=C(C#N)[C@@H]1c1ccc(OC)c(Br)c1. The molecular weight excluding hydrogens is 534 g/mol. The highest BCUT2D eigenvalue weighted by atomic mass is 79.9. The Kier molecular flexibility index (Phi) is 8.59. The molecule has 8 nitrogen and oxygen atoms in total. The average Bonchev–Trinajstić information content (AvgIpc) is 2.84. The van der Waals surface area contributed by atoms with Gasteiger partial charge in [-0.3, -0.25) is 14.4 Å². The molecule has 182 valence electrons. The zero-order valence-electron chi connectivity index (χ0n) is 19.6. The van der Waals surface area contributed by atoms with Crippen LogP contribution in [0, 0.1) is 31.1 Å². The normalized spacial score (nSPS) is 17.3. The molecule has 35 heavy (non-hydrogen) atoms. The Morgan fingerprint density at radius 1 is 1.23 bits per heavy atom. The summed E-state index contributed by atoms with van der Waals surface area (Å²) in [5.74, 6) is -3.30. The maximum Gasteiger partial charge on any atom is 0.319 e. The molecule has 1 heterocycles. The molecule has 0 aliphatic carbocycles. The number of nitrogens with zero attached hydrogens (tertiary/aromatic N) is 1. The van der Waals surface area contributed by atoms with Crippen LogP contribution in [0.25, 0.3) is 0 Å². The second-order valence-corrected chi connectivity index (χ2v) is 9.64. The van der Waals surface area contributed by atoms with E-state index in [-0.39, 0.29) is 22.3 Å². The number of methoxy groups -OCH3 is 2. The van der Waals surface area contributed by atoms with Crippen molar-refractivity contribution in [1.82, 2.24) is 5.32 Å². The maximum absolute atomic E-state index is 13.0. The zero-order chi connectivity index (χ0) is 25.7. The number of hydrogen-bond acceptors (Lipinski definition) is 7. The molecule has 0 unspecified atom stereocenters. The number of carbonyl (C=O) groups is 3. The van der Waals surface area contributed by atoms with E-state index in [4.69, 9.17) is 9.47 Å². The summed E-state index contributed by atoms with van der Waals surface area (Å²) in [5.41, 5.74) is 3.43. The molecule has 2 aromatic carbocycles. The number of ether oxygens (including phenoxy) is 2. The first kappa shape index (κ1) is 26.3. The zero-order valence-corrected chi connectivity index (χ0v) is 22.0. The Hall–Kier alpha value is -3.29. The summed E-state index contributed by atoms with van der Waals surface area (Å²) in [6.07, 6.45) is 0. The highest BCUT2D eigenvalue weighted by Gasteiger charge is 2.44. The van der Waals surface area contributed by atoms with Gasteiger partial charge < -0.3 is 20.1 Å². The number of nitrogens with one attached hydrogen (secondary N) is 2. The van der Waals surface area contributed by atoms with Crippen molar-refractivity contribution in [2.75, 3.05) is 25.3 Å². The number of rotatable bonds is 7. The number of halogens is 1. The van der Waals surface area contributed by atoms with Crippen molar-refractivity contribution in [3.8, 4) is 11.8 Å². The van der Waals surface area contributed by atoms with Crippen LogP contribution in [0.4, 0.5) is 5.69 Å². The minimum atomic E-state index is -1.26. The third kappa shape index (κ3) is 5.69. The summed E-state index contributed by atoms with van der Waals surface area (Å²) in [5, 5.41) is 15.7.